The zero-order valence-electron chi connectivity index (χ0n) is 14.1. The van der Waals surface area contributed by atoms with E-state index in [-0.39, 0.29) is 18.0 Å². The van der Waals surface area contributed by atoms with Gasteiger partial charge in [0.1, 0.15) is 12.7 Å². The standard InChI is InChI=1S/C18H20N6O/c1-14(15(2)24-13-19-12-21-24)22-18(25)9-8-16-10-20-23(11-16)17-6-4-3-5-7-17/h3-15H,1-2H3,(H,22,25)/b9-8+/t14-,15-/m0/s1. The van der Waals surface area contributed by atoms with E-state index in [1.807, 2.05) is 50.4 Å². The number of nitrogens with zero attached hydrogens (tertiary/aromatic N) is 5. The van der Waals surface area contributed by atoms with Gasteiger partial charge in [0.05, 0.1) is 17.9 Å². The van der Waals surface area contributed by atoms with Crippen LogP contribution in [0.3, 0.4) is 0 Å². The SMILES string of the molecule is C[C@H](NC(=O)/C=C/c1cnn(-c2ccccc2)c1)[C@H](C)n1cncn1. The summed E-state index contributed by atoms with van der Waals surface area (Å²) in [7, 11) is 0. The molecular formula is C18H20N6O. The van der Waals surface area contributed by atoms with Gasteiger partial charge in [-0.05, 0) is 32.1 Å². The summed E-state index contributed by atoms with van der Waals surface area (Å²) >= 11 is 0. The summed E-state index contributed by atoms with van der Waals surface area (Å²) in [5, 5.41) is 11.3. The summed E-state index contributed by atoms with van der Waals surface area (Å²) in [4.78, 5) is 16.0. The molecule has 0 unspecified atom stereocenters. The minimum Gasteiger partial charge on any atom is -0.348 e. The van der Waals surface area contributed by atoms with Gasteiger partial charge in [-0.15, -0.1) is 0 Å². The highest BCUT2D eigenvalue weighted by Crippen LogP contribution is 2.10. The van der Waals surface area contributed by atoms with Crippen LogP contribution in [0.2, 0.25) is 0 Å². The second-order valence-corrected chi connectivity index (χ2v) is 5.80. The Morgan fingerprint density at radius 1 is 1.20 bits per heavy atom. The quantitative estimate of drug-likeness (QED) is 0.700. The Morgan fingerprint density at radius 3 is 2.72 bits per heavy atom. The Morgan fingerprint density at radius 2 is 2.00 bits per heavy atom. The highest BCUT2D eigenvalue weighted by atomic mass is 16.1. The number of aromatic nitrogens is 5. The molecule has 0 aliphatic rings. The Labute approximate surface area is 146 Å². The van der Waals surface area contributed by atoms with Gasteiger partial charge in [-0.2, -0.15) is 10.2 Å². The number of rotatable bonds is 6. The van der Waals surface area contributed by atoms with Crippen LogP contribution in [0, 0.1) is 0 Å². The Balaban J connectivity index is 1.58. The van der Waals surface area contributed by atoms with Gasteiger partial charge >= 0.3 is 0 Å². The van der Waals surface area contributed by atoms with Crippen LogP contribution in [0.25, 0.3) is 11.8 Å². The van der Waals surface area contributed by atoms with Crippen LogP contribution in [0.4, 0.5) is 0 Å². The highest BCUT2D eigenvalue weighted by molar-refractivity contribution is 5.91. The van der Waals surface area contributed by atoms with Crippen molar-refractivity contribution in [3.63, 3.8) is 0 Å². The second-order valence-electron chi connectivity index (χ2n) is 5.80. The van der Waals surface area contributed by atoms with Crippen molar-refractivity contribution in [2.75, 3.05) is 0 Å². The van der Waals surface area contributed by atoms with Crippen molar-refractivity contribution in [3.8, 4) is 5.69 Å². The van der Waals surface area contributed by atoms with Crippen molar-refractivity contribution in [3.05, 3.63) is 67.0 Å². The summed E-state index contributed by atoms with van der Waals surface area (Å²) in [6, 6.07) is 9.75. The van der Waals surface area contributed by atoms with E-state index in [4.69, 9.17) is 0 Å². The Bertz CT molecular complexity index is 838. The van der Waals surface area contributed by atoms with E-state index in [1.54, 1.807) is 28.0 Å². The van der Waals surface area contributed by atoms with E-state index in [0.717, 1.165) is 11.3 Å². The van der Waals surface area contributed by atoms with Crippen LogP contribution >= 0.6 is 0 Å². The van der Waals surface area contributed by atoms with E-state index in [2.05, 4.69) is 20.5 Å². The van der Waals surface area contributed by atoms with Gasteiger partial charge in [-0.25, -0.2) is 14.3 Å². The molecule has 0 spiro atoms. The van der Waals surface area contributed by atoms with Crippen LogP contribution in [-0.2, 0) is 4.79 Å². The predicted molar refractivity (Wildman–Crippen MR) is 94.9 cm³/mol. The first-order chi connectivity index (χ1) is 12.1. The number of hydrogen-bond donors (Lipinski definition) is 1. The molecule has 0 aliphatic heterocycles. The molecule has 7 heteroatoms. The first kappa shape index (κ1) is 16.6. The number of carbonyl (C=O) groups is 1. The zero-order valence-corrected chi connectivity index (χ0v) is 14.1. The van der Waals surface area contributed by atoms with E-state index >= 15 is 0 Å². The Kier molecular flexibility index (Phi) is 5.03. The summed E-state index contributed by atoms with van der Waals surface area (Å²) < 4.78 is 3.49. The number of benzene rings is 1. The van der Waals surface area contributed by atoms with Crippen LogP contribution in [0.1, 0.15) is 25.5 Å². The number of para-hydroxylation sites is 1. The van der Waals surface area contributed by atoms with Crippen LogP contribution in [0.15, 0.2) is 61.5 Å². The monoisotopic (exact) mass is 336 g/mol. The smallest absolute Gasteiger partial charge is 0.244 e. The third-order valence-electron chi connectivity index (χ3n) is 4.00. The lowest BCUT2D eigenvalue weighted by atomic mass is 10.1. The second kappa shape index (κ2) is 7.57. The van der Waals surface area contributed by atoms with Crippen LogP contribution in [-0.4, -0.2) is 36.5 Å². The largest absolute Gasteiger partial charge is 0.348 e. The fraction of sp³-hybridized carbons (Fsp3) is 0.222. The molecule has 3 rings (SSSR count). The number of hydrogen-bond acceptors (Lipinski definition) is 4. The summed E-state index contributed by atoms with van der Waals surface area (Å²) in [5.41, 5.74) is 1.83. The lowest BCUT2D eigenvalue weighted by molar-refractivity contribution is -0.117. The molecule has 3 aromatic rings. The zero-order chi connectivity index (χ0) is 17.6. The fourth-order valence-corrected chi connectivity index (χ4v) is 2.37. The third kappa shape index (κ3) is 4.20. The lowest BCUT2D eigenvalue weighted by Crippen LogP contribution is -2.37. The molecule has 7 nitrogen and oxygen atoms in total. The van der Waals surface area contributed by atoms with Crippen LogP contribution < -0.4 is 5.32 Å². The molecule has 0 aliphatic carbocycles. The van der Waals surface area contributed by atoms with E-state index in [1.165, 1.54) is 12.4 Å². The molecule has 0 fully saturated rings. The number of nitrogens with one attached hydrogen (secondary N) is 1. The maximum absolute atomic E-state index is 12.1. The van der Waals surface area contributed by atoms with Crippen molar-refractivity contribution < 1.29 is 4.79 Å². The molecule has 2 aromatic heterocycles. The molecule has 128 valence electrons. The first-order valence-electron chi connectivity index (χ1n) is 8.06. The van der Waals surface area contributed by atoms with Gasteiger partial charge in [-0.3, -0.25) is 4.79 Å². The molecule has 0 radical (unpaired) electrons. The van der Waals surface area contributed by atoms with Crippen molar-refractivity contribution in [2.45, 2.75) is 25.9 Å². The van der Waals surface area contributed by atoms with Gasteiger partial charge in [0.15, 0.2) is 0 Å². The van der Waals surface area contributed by atoms with Crippen molar-refractivity contribution in [1.29, 1.82) is 0 Å². The molecule has 2 atom stereocenters. The molecule has 1 aromatic carbocycles. The maximum atomic E-state index is 12.1. The van der Waals surface area contributed by atoms with E-state index < -0.39 is 0 Å². The predicted octanol–water partition coefficient (Wildman–Crippen LogP) is 2.24. The van der Waals surface area contributed by atoms with Crippen molar-refractivity contribution in [2.24, 2.45) is 0 Å². The molecule has 2 heterocycles. The maximum Gasteiger partial charge on any atom is 0.244 e. The van der Waals surface area contributed by atoms with Gasteiger partial charge in [0, 0.05) is 23.9 Å². The normalized spacial score (nSPS) is 13.7. The van der Waals surface area contributed by atoms with Crippen molar-refractivity contribution >= 4 is 12.0 Å². The van der Waals surface area contributed by atoms with Gasteiger partial charge in [-0.1, -0.05) is 18.2 Å². The van der Waals surface area contributed by atoms with Gasteiger partial charge in [0.25, 0.3) is 0 Å². The van der Waals surface area contributed by atoms with Gasteiger partial charge < -0.3 is 5.32 Å². The van der Waals surface area contributed by atoms with E-state index in [0.29, 0.717) is 0 Å². The molecule has 0 bridgehead atoms. The van der Waals surface area contributed by atoms with Crippen molar-refractivity contribution in [1.82, 2.24) is 29.9 Å². The molecule has 0 saturated carbocycles. The molecular weight excluding hydrogens is 316 g/mol. The number of amides is 1. The van der Waals surface area contributed by atoms with Gasteiger partial charge in [0.2, 0.25) is 5.91 Å². The molecule has 25 heavy (non-hydrogen) atoms. The number of carbonyl (C=O) groups excluding carboxylic acids is 1. The van der Waals surface area contributed by atoms with E-state index in [9.17, 15) is 4.79 Å². The Hall–Kier alpha value is -3.22. The molecule has 1 amide bonds. The lowest BCUT2D eigenvalue weighted by Gasteiger charge is -2.20. The summed E-state index contributed by atoms with van der Waals surface area (Å²) in [6.45, 7) is 3.92. The third-order valence-corrected chi connectivity index (χ3v) is 4.00. The summed E-state index contributed by atoms with van der Waals surface area (Å²) in [5.74, 6) is -0.160. The fourth-order valence-electron chi connectivity index (χ4n) is 2.37. The summed E-state index contributed by atoms with van der Waals surface area (Å²) in [6.07, 6.45) is 9.97. The first-order valence-corrected chi connectivity index (χ1v) is 8.06. The molecule has 1 N–H and O–H groups in total. The minimum atomic E-state index is -0.160. The van der Waals surface area contributed by atoms with Crippen LogP contribution in [0.5, 0.6) is 0 Å². The average molecular weight is 336 g/mol. The topological polar surface area (TPSA) is 77.6 Å². The molecule has 0 saturated heterocycles. The average Bonchev–Trinajstić information content (AvgIpc) is 3.32. The highest BCUT2D eigenvalue weighted by Gasteiger charge is 2.15. The minimum absolute atomic E-state index is 0.0145.